The predicted octanol–water partition coefficient (Wildman–Crippen LogP) is 3.38. The summed E-state index contributed by atoms with van der Waals surface area (Å²) in [6.07, 6.45) is 1.93. The van der Waals surface area contributed by atoms with Crippen LogP contribution in [-0.4, -0.2) is 33.7 Å². The topological polar surface area (TPSA) is 84.5 Å². The molecule has 0 heterocycles. The Morgan fingerprint density at radius 1 is 1.23 bits per heavy atom. The Morgan fingerprint density at radius 3 is 2.62 bits per heavy atom. The van der Waals surface area contributed by atoms with Crippen molar-refractivity contribution >= 4 is 45.0 Å². The maximum atomic E-state index is 12.6. The number of sulfonamides is 1. The molecule has 140 valence electrons. The van der Waals surface area contributed by atoms with Gasteiger partial charge >= 0.3 is 0 Å². The van der Waals surface area contributed by atoms with E-state index in [9.17, 15) is 13.2 Å². The second-order valence-corrected chi connectivity index (χ2v) is 8.36. The number of benzene rings is 2. The summed E-state index contributed by atoms with van der Waals surface area (Å²) >= 11 is 7.43. The molecule has 0 fully saturated rings. The standard InChI is InChI=1S/C17H19ClN2O4S2/c1-11(17(21)19-13-5-4-6-14(10-13)25-3)20-26(22,23)16-9-12(18)7-8-15(16)24-2/h4-11,20H,1-3H3,(H,19,21)/t11-/m1/s1. The highest BCUT2D eigenvalue weighted by Gasteiger charge is 2.25. The molecule has 0 aliphatic rings. The smallest absolute Gasteiger partial charge is 0.245 e. The van der Waals surface area contributed by atoms with Crippen molar-refractivity contribution in [3.63, 3.8) is 0 Å². The Morgan fingerprint density at radius 2 is 1.96 bits per heavy atom. The van der Waals surface area contributed by atoms with Crippen LogP contribution in [0.3, 0.4) is 0 Å². The molecule has 26 heavy (non-hydrogen) atoms. The zero-order valence-corrected chi connectivity index (χ0v) is 16.8. The molecule has 2 rings (SSSR count). The molecule has 0 aromatic heterocycles. The first kappa shape index (κ1) is 20.6. The number of halogens is 1. The molecule has 9 heteroatoms. The lowest BCUT2D eigenvalue weighted by atomic mass is 10.3. The molecule has 6 nitrogen and oxygen atoms in total. The summed E-state index contributed by atoms with van der Waals surface area (Å²) < 4.78 is 32.6. The number of hydrogen-bond donors (Lipinski definition) is 2. The van der Waals surface area contributed by atoms with Gasteiger partial charge in [0.15, 0.2) is 0 Å². The number of methoxy groups -OCH3 is 1. The van der Waals surface area contributed by atoms with Crippen molar-refractivity contribution < 1.29 is 17.9 Å². The summed E-state index contributed by atoms with van der Waals surface area (Å²) in [5, 5.41) is 2.94. The summed E-state index contributed by atoms with van der Waals surface area (Å²) in [6.45, 7) is 1.46. The normalized spacial score (nSPS) is 12.5. The average molecular weight is 415 g/mol. The fourth-order valence-electron chi connectivity index (χ4n) is 2.16. The van der Waals surface area contributed by atoms with Crippen molar-refractivity contribution in [3.05, 3.63) is 47.5 Å². The SMILES string of the molecule is COc1ccc(Cl)cc1S(=O)(=O)N[C@H](C)C(=O)Nc1cccc(SC)c1. The lowest BCUT2D eigenvalue weighted by Crippen LogP contribution is -2.41. The summed E-state index contributed by atoms with van der Waals surface area (Å²) in [4.78, 5) is 13.2. The highest BCUT2D eigenvalue weighted by molar-refractivity contribution is 7.98. The molecule has 2 aromatic carbocycles. The number of carbonyl (C=O) groups is 1. The lowest BCUT2D eigenvalue weighted by Gasteiger charge is -2.16. The van der Waals surface area contributed by atoms with E-state index >= 15 is 0 Å². The molecule has 2 aromatic rings. The molecule has 1 amide bonds. The zero-order valence-electron chi connectivity index (χ0n) is 14.4. The summed E-state index contributed by atoms with van der Waals surface area (Å²) in [7, 11) is -2.64. The molecular weight excluding hydrogens is 396 g/mol. The summed E-state index contributed by atoms with van der Waals surface area (Å²) in [5.74, 6) is -0.338. The van der Waals surface area contributed by atoms with Gasteiger partial charge in [-0.1, -0.05) is 17.7 Å². The van der Waals surface area contributed by atoms with Crippen LogP contribution in [0.1, 0.15) is 6.92 Å². The molecule has 0 aliphatic heterocycles. The number of hydrogen-bond acceptors (Lipinski definition) is 5. The largest absolute Gasteiger partial charge is 0.495 e. The third-order valence-electron chi connectivity index (χ3n) is 3.48. The minimum Gasteiger partial charge on any atom is -0.495 e. The van der Waals surface area contributed by atoms with E-state index in [1.54, 1.807) is 17.8 Å². The van der Waals surface area contributed by atoms with Crippen LogP contribution in [0.5, 0.6) is 5.75 Å². The second kappa shape index (κ2) is 8.77. The number of rotatable bonds is 7. The maximum absolute atomic E-state index is 12.6. The highest BCUT2D eigenvalue weighted by atomic mass is 35.5. The van der Waals surface area contributed by atoms with Crippen LogP contribution in [0.15, 0.2) is 52.3 Å². The van der Waals surface area contributed by atoms with Gasteiger partial charge < -0.3 is 10.1 Å². The fraction of sp³-hybridized carbons (Fsp3) is 0.235. The van der Waals surface area contributed by atoms with Gasteiger partial charge in [0, 0.05) is 15.6 Å². The van der Waals surface area contributed by atoms with Gasteiger partial charge in [-0.15, -0.1) is 11.8 Å². The first-order valence-electron chi connectivity index (χ1n) is 7.57. The van der Waals surface area contributed by atoms with E-state index in [-0.39, 0.29) is 15.7 Å². The first-order valence-corrected chi connectivity index (χ1v) is 10.7. The van der Waals surface area contributed by atoms with Gasteiger partial charge in [0.2, 0.25) is 15.9 Å². The third kappa shape index (κ3) is 5.14. The van der Waals surface area contributed by atoms with Crippen molar-refractivity contribution in [2.45, 2.75) is 22.8 Å². The molecule has 0 saturated heterocycles. The number of anilines is 1. The molecule has 0 bridgehead atoms. The van der Waals surface area contributed by atoms with Gasteiger partial charge in [-0.2, -0.15) is 4.72 Å². The van der Waals surface area contributed by atoms with E-state index in [4.69, 9.17) is 16.3 Å². The van der Waals surface area contributed by atoms with Crippen molar-refractivity contribution in [3.8, 4) is 5.75 Å². The monoisotopic (exact) mass is 414 g/mol. The van der Waals surface area contributed by atoms with E-state index < -0.39 is 22.0 Å². The van der Waals surface area contributed by atoms with Gasteiger partial charge in [0.25, 0.3) is 0 Å². The Kier molecular flexibility index (Phi) is 6.94. The highest BCUT2D eigenvalue weighted by Crippen LogP contribution is 2.27. The van der Waals surface area contributed by atoms with Crippen LogP contribution in [0.4, 0.5) is 5.69 Å². The maximum Gasteiger partial charge on any atom is 0.245 e. The van der Waals surface area contributed by atoms with Gasteiger partial charge in [0.05, 0.1) is 13.2 Å². The first-order chi connectivity index (χ1) is 12.3. The summed E-state index contributed by atoms with van der Waals surface area (Å²) in [5.41, 5.74) is 0.591. The van der Waals surface area contributed by atoms with E-state index in [2.05, 4.69) is 10.0 Å². The Hall–Kier alpha value is -1.74. The van der Waals surface area contributed by atoms with E-state index in [0.717, 1.165) is 4.90 Å². The molecule has 2 N–H and O–H groups in total. The third-order valence-corrected chi connectivity index (χ3v) is 6.00. The molecule has 0 aliphatic carbocycles. The number of ether oxygens (including phenoxy) is 1. The number of amides is 1. The molecule has 0 unspecified atom stereocenters. The van der Waals surface area contributed by atoms with Crippen LogP contribution in [0, 0.1) is 0 Å². The van der Waals surface area contributed by atoms with Gasteiger partial charge in [0.1, 0.15) is 10.6 Å². The van der Waals surface area contributed by atoms with E-state index in [1.165, 1.54) is 32.2 Å². The van der Waals surface area contributed by atoms with Crippen molar-refractivity contribution in [2.75, 3.05) is 18.7 Å². The van der Waals surface area contributed by atoms with Crippen molar-refractivity contribution in [1.82, 2.24) is 4.72 Å². The quantitative estimate of drug-likeness (QED) is 0.678. The summed E-state index contributed by atoms with van der Waals surface area (Å²) in [6, 6.07) is 10.5. The van der Waals surface area contributed by atoms with Crippen LogP contribution < -0.4 is 14.8 Å². The molecular formula is C17H19ClN2O4S2. The van der Waals surface area contributed by atoms with Gasteiger partial charge in [-0.3, -0.25) is 4.79 Å². The predicted molar refractivity (Wildman–Crippen MR) is 105 cm³/mol. The number of thioether (sulfide) groups is 1. The zero-order chi connectivity index (χ0) is 19.3. The van der Waals surface area contributed by atoms with Crippen LogP contribution in [0.25, 0.3) is 0 Å². The fourth-order valence-corrected chi connectivity index (χ4v) is 4.26. The van der Waals surface area contributed by atoms with Gasteiger partial charge in [-0.25, -0.2) is 8.42 Å². The second-order valence-electron chi connectivity index (χ2n) is 5.36. The Bertz CT molecular complexity index is 903. The Balaban J connectivity index is 2.16. The lowest BCUT2D eigenvalue weighted by molar-refractivity contribution is -0.117. The van der Waals surface area contributed by atoms with Crippen LogP contribution in [-0.2, 0) is 14.8 Å². The van der Waals surface area contributed by atoms with Gasteiger partial charge in [-0.05, 0) is 49.6 Å². The molecule has 0 radical (unpaired) electrons. The molecule has 0 saturated carbocycles. The minimum atomic E-state index is -4.00. The van der Waals surface area contributed by atoms with E-state index in [1.807, 2.05) is 24.5 Å². The number of nitrogens with one attached hydrogen (secondary N) is 2. The van der Waals surface area contributed by atoms with Crippen molar-refractivity contribution in [2.24, 2.45) is 0 Å². The van der Waals surface area contributed by atoms with Crippen LogP contribution >= 0.6 is 23.4 Å². The van der Waals surface area contributed by atoms with Crippen molar-refractivity contribution in [1.29, 1.82) is 0 Å². The van der Waals surface area contributed by atoms with Crippen LogP contribution in [0.2, 0.25) is 5.02 Å². The molecule has 1 atom stereocenters. The minimum absolute atomic E-state index is 0.128. The average Bonchev–Trinajstić information content (AvgIpc) is 2.61. The number of carbonyl (C=O) groups excluding carboxylic acids is 1. The van der Waals surface area contributed by atoms with E-state index in [0.29, 0.717) is 5.69 Å². The molecule has 0 spiro atoms. The Labute approximate surface area is 162 Å².